The number of aryl methyl sites for hydroxylation is 1. The van der Waals surface area contributed by atoms with Crippen molar-refractivity contribution >= 4 is 11.6 Å². The minimum absolute atomic E-state index is 0.0811. The van der Waals surface area contributed by atoms with E-state index in [1.807, 2.05) is 66.7 Å². The largest absolute Gasteiger partial charge is 0.483 e. The highest BCUT2D eigenvalue weighted by molar-refractivity contribution is 6.03. The predicted octanol–water partition coefficient (Wildman–Crippen LogP) is 4.59. The van der Waals surface area contributed by atoms with Gasteiger partial charge in [-0.15, -0.1) is 0 Å². The van der Waals surface area contributed by atoms with Gasteiger partial charge in [-0.1, -0.05) is 72.8 Å². The zero-order valence-electron chi connectivity index (χ0n) is 15.6. The van der Waals surface area contributed by atoms with Crippen molar-refractivity contribution in [3.05, 3.63) is 90.0 Å². The van der Waals surface area contributed by atoms with Crippen molar-refractivity contribution in [2.75, 3.05) is 6.61 Å². The van der Waals surface area contributed by atoms with E-state index in [1.165, 1.54) is 5.56 Å². The van der Waals surface area contributed by atoms with Gasteiger partial charge in [-0.25, -0.2) is 5.43 Å². The van der Waals surface area contributed by atoms with Crippen LogP contribution in [0, 0.1) is 0 Å². The smallest absolute Gasteiger partial charge is 0.277 e. The number of carbonyl (C=O) groups is 1. The van der Waals surface area contributed by atoms with Gasteiger partial charge in [-0.3, -0.25) is 4.79 Å². The molecular weight excluding hydrogens is 348 g/mol. The van der Waals surface area contributed by atoms with Gasteiger partial charge in [0.05, 0.1) is 5.71 Å². The molecule has 0 bridgehead atoms. The lowest BCUT2D eigenvalue weighted by Gasteiger charge is -2.17. The van der Waals surface area contributed by atoms with Crippen LogP contribution in [0.1, 0.15) is 24.0 Å². The average molecular weight is 370 g/mol. The predicted molar refractivity (Wildman–Crippen MR) is 111 cm³/mol. The van der Waals surface area contributed by atoms with Crippen LogP contribution in [-0.4, -0.2) is 18.2 Å². The Morgan fingerprint density at radius 3 is 2.43 bits per heavy atom. The third-order valence-corrected chi connectivity index (χ3v) is 4.83. The molecule has 0 heterocycles. The molecular formula is C24H22N2O2. The zero-order chi connectivity index (χ0) is 19.2. The van der Waals surface area contributed by atoms with E-state index >= 15 is 0 Å². The van der Waals surface area contributed by atoms with Crippen LogP contribution in [0.4, 0.5) is 0 Å². The van der Waals surface area contributed by atoms with E-state index in [2.05, 4.69) is 22.7 Å². The number of rotatable bonds is 5. The van der Waals surface area contributed by atoms with Gasteiger partial charge in [0, 0.05) is 11.1 Å². The van der Waals surface area contributed by atoms with Gasteiger partial charge in [0.2, 0.25) is 0 Å². The van der Waals surface area contributed by atoms with E-state index in [9.17, 15) is 4.79 Å². The second-order valence-corrected chi connectivity index (χ2v) is 6.76. The fourth-order valence-electron chi connectivity index (χ4n) is 3.47. The fourth-order valence-corrected chi connectivity index (χ4v) is 3.47. The van der Waals surface area contributed by atoms with E-state index in [0.717, 1.165) is 41.7 Å². The van der Waals surface area contributed by atoms with E-state index in [1.54, 1.807) is 0 Å². The summed E-state index contributed by atoms with van der Waals surface area (Å²) in [5, 5.41) is 4.35. The number of amides is 1. The van der Waals surface area contributed by atoms with E-state index in [0.29, 0.717) is 5.75 Å². The molecule has 3 aromatic carbocycles. The van der Waals surface area contributed by atoms with Gasteiger partial charge in [-0.2, -0.15) is 5.10 Å². The second kappa shape index (κ2) is 8.53. The van der Waals surface area contributed by atoms with E-state index in [-0.39, 0.29) is 12.5 Å². The Balaban J connectivity index is 1.41. The average Bonchev–Trinajstić information content (AvgIpc) is 2.77. The molecule has 1 aliphatic rings. The fraction of sp³-hybridized carbons (Fsp3) is 0.167. The number of para-hydroxylation sites is 1. The van der Waals surface area contributed by atoms with Gasteiger partial charge < -0.3 is 4.74 Å². The highest BCUT2D eigenvalue weighted by Gasteiger charge is 2.15. The molecule has 1 aliphatic carbocycles. The summed E-state index contributed by atoms with van der Waals surface area (Å²) in [5.41, 5.74) is 8.01. The quantitative estimate of drug-likeness (QED) is 0.668. The summed E-state index contributed by atoms with van der Waals surface area (Å²) in [6, 6.07) is 25.9. The van der Waals surface area contributed by atoms with Crippen molar-refractivity contribution in [3.63, 3.8) is 0 Å². The molecule has 1 N–H and O–H groups in total. The molecule has 0 radical (unpaired) electrons. The van der Waals surface area contributed by atoms with Crippen molar-refractivity contribution in [3.8, 4) is 16.9 Å². The van der Waals surface area contributed by atoms with Gasteiger partial charge in [-0.05, 0) is 36.5 Å². The maximum Gasteiger partial charge on any atom is 0.277 e. The number of carbonyl (C=O) groups excluding carboxylic acids is 1. The van der Waals surface area contributed by atoms with Crippen LogP contribution in [0.2, 0.25) is 0 Å². The van der Waals surface area contributed by atoms with Crippen molar-refractivity contribution < 1.29 is 9.53 Å². The SMILES string of the molecule is O=C(COc1ccccc1-c1ccccc1)N/N=C1\CCCc2ccccc21. The van der Waals surface area contributed by atoms with Crippen LogP contribution in [0.5, 0.6) is 5.75 Å². The molecule has 0 aromatic heterocycles. The highest BCUT2D eigenvalue weighted by atomic mass is 16.5. The molecule has 0 atom stereocenters. The van der Waals surface area contributed by atoms with Crippen molar-refractivity contribution in [1.29, 1.82) is 0 Å². The topological polar surface area (TPSA) is 50.7 Å². The van der Waals surface area contributed by atoms with Crippen LogP contribution >= 0.6 is 0 Å². The first-order valence-electron chi connectivity index (χ1n) is 9.52. The lowest BCUT2D eigenvalue weighted by atomic mass is 9.90. The third-order valence-electron chi connectivity index (χ3n) is 4.83. The van der Waals surface area contributed by atoms with Crippen molar-refractivity contribution in [1.82, 2.24) is 5.43 Å². The number of hydrazone groups is 1. The van der Waals surface area contributed by atoms with Gasteiger partial charge in [0.25, 0.3) is 5.91 Å². The molecule has 4 heteroatoms. The molecule has 0 unspecified atom stereocenters. The molecule has 0 fully saturated rings. The first-order chi connectivity index (χ1) is 13.8. The molecule has 28 heavy (non-hydrogen) atoms. The lowest BCUT2D eigenvalue weighted by molar-refractivity contribution is -0.123. The number of hydrogen-bond donors (Lipinski definition) is 1. The molecule has 0 spiro atoms. The summed E-state index contributed by atoms with van der Waals surface area (Å²) in [6.07, 6.45) is 2.98. The van der Waals surface area contributed by atoms with Gasteiger partial charge in [0.15, 0.2) is 6.61 Å². The van der Waals surface area contributed by atoms with Gasteiger partial charge in [0.1, 0.15) is 5.75 Å². The number of fused-ring (bicyclic) bond motifs is 1. The summed E-state index contributed by atoms with van der Waals surface area (Å²) in [5.74, 6) is 0.415. The van der Waals surface area contributed by atoms with Crippen LogP contribution < -0.4 is 10.2 Å². The standard InChI is InChI=1S/C24H22N2O2/c27-24(26-25-22-15-8-12-18-11-4-5-13-20(18)22)17-28-23-16-7-6-14-21(23)19-9-2-1-3-10-19/h1-7,9-11,13-14,16H,8,12,15,17H2,(H,26,27)/b25-22+. The monoisotopic (exact) mass is 370 g/mol. The van der Waals surface area contributed by atoms with Crippen LogP contribution in [-0.2, 0) is 11.2 Å². The second-order valence-electron chi connectivity index (χ2n) is 6.76. The minimum Gasteiger partial charge on any atom is -0.483 e. The summed E-state index contributed by atoms with van der Waals surface area (Å²) in [4.78, 5) is 12.3. The number of hydrogen-bond acceptors (Lipinski definition) is 3. The number of benzene rings is 3. The highest BCUT2D eigenvalue weighted by Crippen LogP contribution is 2.29. The van der Waals surface area contributed by atoms with E-state index < -0.39 is 0 Å². The number of nitrogens with one attached hydrogen (secondary N) is 1. The third kappa shape index (κ3) is 4.12. The summed E-state index contributed by atoms with van der Waals surface area (Å²) in [7, 11) is 0. The van der Waals surface area contributed by atoms with Crippen molar-refractivity contribution in [2.24, 2.45) is 5.10 Å². The maximum absolute atomic E-state index is 12.3. The molecule has 4 rings (SSSR count). The molecule has 0 saturated heterocycles. The minimum atomic E-state index is -0.265. The van der Waals surface area contributed by atoms with Gasteiger partial charge >= 0.3 is 0 Å². The Kier molecular flexibility index (Phi) is 5.48. The Hall–Kier alpha value is -3.40. The zero-order valence-corrected chi connectivity index (χ0v) is 15.6. The summed E-state index contributed by atoms with van der Waals surface area (Å²) >= 11 is 0. The molecule has 4 nitrogen and oxygen atoms in total. The Labute approximate surface area is 164 Å². The van der Waals surface area contributed by atoms with Crippen LogP contribution in [0.3, 0.4) is 0 Å². The van der Waals surface area contributed by atoms with Crippen LogP contribution in [0.15, 0.2) is 84.0 Å². The molecule has 0 aliphatic heterocycles. The Morgan fingerprint density at radius 2 is 1.57 bits per heavy atom. The Bertz CT molecular complexity index is 996. The molecule has 0 saturated carbocycles. The number of ether oxygens (including phenoxy) is 1. The first-order valence-corrected chi connectivity index (χ1v) is 9.52. The lowest BCUT2D eigenvalue weighted by Crippen LogP contribution is -2.27. The molecule has 1 amide bonds. The maximum atomic E-state index is 12.3. The normalized spacial score (nSPS) is 14.4. The van der Waals surface area contributed by atoms with Crippen molar-refractivity contribution in [2.45, 2.75) is 19.3 Å². The molecule has 3 aromatic rings. The summed E-state index contributed by atoms with van der Waals surface area (Å²) in [6.45, 7) is -0.0811. The summed E-state index contributed by atoms with van der Waals surface area (Å²) < 4.78 is 5.78. The molecule has 140 valence electrons. The number of nitrogens with zero attached hydrogens (tertiary/aromatic N) is 1. The van der Waals surface area contributed by atoms with E-state index in [4.69, 9.17) is 4.74 Å². The first kappa shape index (κ1) is 18.0. The van der Waals surface area contributed by atoms with Crippen LogP contribution in [0.25, 0.3) is 11.1 Å². The Morgan fingerprint density at radius 1 is 0.857 bits per heavy atom.